The Kier molecular flexibility index (Phi) is 6.57. The molecule has 0 saturated carbocycles. The van der Waals surface area contributed by atoms with Gasteiger partial charge in [0.15, 0.2) is 5.13 Å². The molecule has 0 bridgehead atoms. The van der Waals surface area contributed by atoms with Crippen LogP contribution in [0.15, 0.2) is 30.3 Å². The molecular formula is C18H27N3OS. The molecule has 0 fully saturated rings. The van der Waals surface area contributed by atoms with E-state index in [9.17, 15) is 5.11 Å². The Morgan fingerprint density at radius 1 is 1.22 bits per heavy atom. The van der Waals surface area contributed by atoms with E-state index < -0.39 is 0 Å². The zero-order valence-electron chi connectivity index (χ0n) is 14.4. The van der Waals surface area contributed by atoms with E-state index in [-0.39, 0.29) is 6.61 Å². The van der Waals surface area contributed by atoms with Crippen molar-refractivity contribution in [3.63, 3.8) is 0 Å². The molecule has 0 radical (unpaired) electrons. The number of aromatic nitrogens is 1. The normalized spacial score (nSPS) is 12.6. The predicted molar refractivity (Wildman–Crippen MR) is 99.0 cm³/mol. The standard InChI is InChI=1S/C18H27N3OS/c1-13(2)15(10-11-22)19-12-16-17(14-8-6-5-7-9-14)20-18(23-16)21(3)4/h5-9,13,15,19,22H,10-12H2,1-4H3. The number of nitrogens with one attached hydrogen (secondary N) is 1. The second-order valence-electron chi connectivity index (χ2n) is 6.27. The predicted octanol–water partition coefficient (Wildman–Crippen LogP) is 3.37. The lowest BCUT2D eigenvalue weighted by atomic mass is 10.0. The molecule has 2 N–H and O–H groups in total. The number of hydrogen-bond donors (Lipinski definition) is 2. The third-order valence-electron chi connectivity index (χ3n) is 3.89. The molecule has 0 aliphatic carbocycles. The molecule has 2 aromatic rings. The van der Waals surface area contributed by atoms with Crippen LogP contribution in [-0.2, 0) is 6.54 Å². The molecule has 0 saturated heterocycles. The van der Waals surface area contributed by atoms with Gasteiger partial charge < -0.3 is 15.3 Å². The van der Waals surface area contributed by atoms with Gasteiger partial charge in [0.1, 0.15) is 0 Å². The fourth-order valence-corrected chi connectivity index (χ4v) is 3.46. The maximum absolute atomic E-state index is 9.24. The van der Waals surface area contributed by atoms with E-state index in [2.05, 4.69) is 31.3 Å². The SMILES string of the molecule is CC(C)C(CCO)NCc1sc(N(C)C)nc1-c1ccccc1. The molecule has 1 aromatic carbocycles. The van der Waals surface area contributed by atoms with E-state index in [0.29, 0.717) is 12.0 Å². The zero-order valence-corrected chi connectivity index (χ0v) is 15.2. The van der Waals surface area contributed by atoms with Crippen molar-refractivity contribution < 1.29 is 5.11 Å². The van der Waals surface area contributed by atoms with Gasteiger partial charge in [-0.2, -0.15) is 0 Å². The Bertz CT molecular complexity index is 596. The molecule has 5 heteroatoms. The molecule has 126 valence electrons. The Balaban J connectivity index is 2.23. The minimum Gasteiger partial charge on any atom is -0.396 e. The molecule has 23 heavy (non-hydrogen) atoms. The summed E-state index contributed by atoms with van der Waals surface area (Å²) in [6.07, 6.45) is 0.775. The zero-order chi connectivity index (χ0) is 16.8. The van der Waals surface area contributed by atoms with Crippen molar-refractivity contribution in [2.75, 3.05) is 25.6 Å². The summed E-state index contributed by atoms with van der Waals surface area (Å²) in [5.74, 6) is 0.489. The second-order valence-corrected chi connectivity index (χ2v) is 7.33. The van der Waals surface area contributed by atoms with Gasteiger partial charge in [-0.1, -0.05) is 55.5 Å². The number of thiazole rings is 1. The van der Waals surface area contributed by atoms with Gasteiger partial charge in [0.05, 0.1) is 5.69 Å². The van der Waals surface area contributed by atoms with Crippen LogP contribution in [0.25, 0.3) is 11.3 Å². The first kappa shape index (κ1) is 17.9. The van der Waals surface area contributed by atoms with E-state index in [4.69, 9.17) is 4.98 Å². The Morgan fingerprint density at radius 3 is 2.48 bits per heavy atom. The van der Waals surface area contributed by atoms with Gasteiger partial charge in [0.2, 0.25) is 0 Å². The number of anilines is 1. The van der Waals surface area contributed by atoms with Crippen LogP contribution in [0.4, 0.5) is 5.13 Å². The molecule has 1 atom stereocenters. The van der Waals surface area contributed by atoms with Gasteiger partial charge in [-0.25, -0.2) is 4.98 Å². The summed E-state index contributed by atoms with van der Waals surface area (Å²) in [6, 6.07) is 10.6. The Labute approximate surface area is 143 Å². The average Bonchev–Trinajstić information content (AvgIpc) is 2.96. The lowest BCUT2D eigenvalue weighted by Crippen LogP contribution is -2.34. The molecule has 0 amide bonds. The third kappa shape index (κ3) is 4.77. The molecule has 2 rings (SSSR count). The largest absolute Gasteiger partial charge is 0.396 e. The number of rotatable bonds is 8. The van der Waals surface area contributed by atoms with Crippen LogP contribution in [0.3, 0.4) is 0 Å². The molecule has 1 aromatic heterocycles. The van der Waals surface area contributed by atoms with E-state index in [1.807, 2.05) is 37.2 Å². The number of aliphatic hydroxyl groups is 1. The minimum atomic E-state index is 0.215. The fraction of sp³-hybridized carbons (Fsp3) is 0.500. The fourth-order valence-electron chi connectivity index (χ4n) is 2.51. The Morgan fingerprint density at radius 2 is 1.91 bits per heavy atom. The van der Waals surface area contributed by atoms with E-state index >= 15 is 0 Å². The molecular weight excluding hydrogens is 306 g/mol. The van der Waals surface area contributed by atoms with Crippen LogP contribution in [0, 0.1) is 5.92 Å². The topological polar surface area (TPSA) is 48.4 Å². The van der Waals surface area contributed by atoms with Gasteiger partial charge >= 0.3 is 0 Å². The molecule has 0 aliphatic rings. The summed E-state index contributed by atoms with van der Waals surface area (Å²) < 4.78 is 0. The highest BCUT2D eigenvalue weighted by Gasteiger charge is 2.17. The summed E-state index contributed by atoms with van der Waals surface area (Å²) >= 11 is 1.72. The van der Waals surface area contributed by atoms with Crippen LogP contribution in [0.1, 0.15) is 25.1 Å². The van der Waals surface area contributed by atoms with Crippen LogP contribution in [0.5, 0.6) is 0 Å². The van der Waals surface area contributed by atoms with E-state index in [1.54, 1.807) is 11.3 Å². The summed E-state index contributed by atoms with van der Waals surface area (Å²) in [4.78, 5) is 8.09. The van der Waals surface area contributed by atoms with Crippen LogP contribution >= 0.6 is 11.3 Å². The van der Waals surface area contributed by atoms with Gasteiger partial charge in [0.25, 0.3) is 0 Å². The maximum atomic E-state index is 9.24. The van der Waals surface area contributed by atoms with Crippen molar-refractivity contribution in [3.8, 4) is 11.3 Å². The maximum Gasteiger partial charge on any atom is 0.185 e. The highest BCUT2D eigenvalue weighted by atomic mass is 32.1. The number of nitrogens with zero attached hydrogens (tertiary/aromatic N) is 2. The van der Waals surface area contributed by atoms with Crippen molar-refractivity contribution in [3.05, 3.63) is 35.2 Å². The summed E-state index contributed by atoms with van der Waals surface area (Å²) in [5.41, 5.74) is 2.20. The quantitative estimate of drug-likeness (QED) is 0.777. The van der Waals surface area contributed by atoms with Crippen molar-refractivity contribution in [2.45, 2.75) is 32.9 Å². The van der Waals surface area contributed by atoms with Gasteiger partial charge in [0, 0.05) is 43.7 Å². The van der Waals surface area contributed by atoms with Crippen molar-refractivity contribution in [1.29, 1.82) is 0 Å². The summed E-state index contributed by atoms with van der Waals surface area (Å²) in [6.45, 7) is 5.36. The van der Waals surface area contributed by atoms with Crippen LogP contribution < -0.4 is 10.2 Å². The third-order valence-corrected chi connectivity index (χ3v) is 5.11. The first-order valence-corrected chi connectivity index (χ1v) is 8.91. The number of hydrogen-bond acceptors (Lipinski definition) is 5. The minimum absolute atomic E-state index is 0.215. The smallest absolute Gasteiger partial charge is 0.185 e. The first-order chi connectivity index (χ1) is 11.0. The highest BCUT2D eigenvalue weighted by Crippen LogP contribution is 2.32. The van der Waals surface area contributed by atoms with Crippen LogP contribution in [-0.4, -0.2) is 36.8 Å². The van der Waals surface area contributed by atoms with E-state index in [0.717, 1.165) is 29.4 Å². The number of aliphatic hydroxyl groups excluding tert-OH is 1. The highest BCUT2D eigenvalue weighted by molar-refractivity contribution is 7.16. The lowest BCUT2D eigenvalue weighted by molar-refractivity contribution is 0.244. The molecule has 1 heterocycles. The number of benzene rings is 1. The monoisotopic (exact) mass is 333 g/mol. The first-order valence-electron chi connectivity index (χ1n) is 8.09. The summed E-state index contributed by atoms with van der Waals surface area (Å²) in [5, 5.41) is 13.8. The molecule has 0 aliphatic heterocycles. The van der Waals surface area contributed by atoms with Crippen molar-refractivity contribution in [1.82, 2.24) is 10.3 Å². The van der Waals surface area contributed by atoms with E-state index in [1.165, 1.54) is 4.88 Å². The van der Waals surface area contributed by atoms with Crippen molar-refractivity contribution in [2.24, 2.45) is 5.92 Å². The Hall–Kier alpha value is -1.43. The molecule has 0 spiro atoms. The van der Waals surface area contributed by atoms with Gasteiger partial charge in [-0.05, 0) is 12.3 Å². The van der Waals surface area contributed by atoms with Crippen molar-refractivity contribution >= 4 is 16.5 Å². The lowest BCUT2D eigenvalue weighted by Gasteiger charge is -2.21. The average molecular weight is 334 g/mol. The van der Waals surface area contributed by atoms with Gasteiger partial charge in [-0.3, -0.25) is 0 Å². The second kappa shape index (κ2) is 8.43. The summed E-state index contributed by atoms with van der Waals surface area (Å²) in [7, 11) is 4.04. The molecule has 4 nitrogen and oxygen atoms in total. The van der Waals surface area contributed by atoms with Gasteiger partial charge in [-0.15, -0.1) is 0 Å². The molecule has 1 unspecified atom stereocenters. The van der Waals surface area contributed by atoms with Crippen LogP contribution in [0.2, 0.25) is 0 Å².